The van der Waals surface area contributed by atoms with Crippen molar-refractivity contribution in [1.82, 2.24) is 45.0 Å². The third kappa shape index (κ3) is 9.40. The van der Waals surface area contributed by atoms with Gasteiger partial charge in [0.1, 0.15) is 18.1 Å². The predicted octanol–water partition coefficient (Wildman–Crippen LogP) is 6.53. The summed E-state index contributed by atoms with van der Waals surface area (Å²) in [6.07, 6.45) is 6.73. The maximum Gasteiger partial charge on any atom is 0.324 e. The Morgan fingerprint density at radius 2 is 1.85 bits per heavy atom. The number of benzene rings is 1. The number of likely N-dealkylation sites (N-methyl/N-ethyl adjacent to an activating group) is 1. The van der Waals surface area contributed by atoms with E-state index >= 15 is 0 Å². The van der Waals surface area contributed by atoms with Crippen LogP contribution in [0.15, 0.2) is 54.6 Å². The van der Waals surface area contributed by atoms with E-state index in [9.17, 15) is 24.0 Å². The fraction of sp³-hybridized carbons (Fsp3) is 0.549. The van der Waals surface area contributed by atoms with Crippen LogP contribution in [0.3, 0.4) is 0 Å². The molecule has 5 amide bonds. The van der Waals surface area contributed by atoms with Crippen LogP contribution in [0, 0.1) is 11.3 Å². The molecule has 16 nitrogen and oxygen atoms in total. The number of carbonyl (C=O) groups is 5. The number of fused-ring (bicyclic) bond motifs is 6. The summed E-state index contributed by atoms with van der Waals surface area (Å²) in [4.78, 5) is 84.8. The quantitative estimate of drug-likeness (QED) is 0.139. The molecule has 7 heterocycles. The highest BCUT2D eigenvalue weighted by atomic mass is 32.1. The Morgan fingerprint density at radius 3 is 2.53 bits per heavy atom. The molecule has 3 aromatic heterocycles. The van der Waals surface area contributed by atoms with Gasteiger partial charge in [-0.2, -0.15) is 0 Å². The van der Waals surface area contributed by atoms with Crippen LogP contribution in [0.4, 0.5) is 4.79 Å². The first kappa shape index (κ1) is 48.8. The number of esters is 1. The number of hydrazine groups is 1. The second-order valence-corrected chi connectivity index (χ2v) is 21.0. The third-order valence-electron chi connectivity index (χ3n) is 14.6. The lowest BCUT2D eigenvalue weighted by atomic mass is 9.76. The minimum Gasteiger partial charge on any atom is -0.464 e. The summed E-state index contributed by atoms with van der Waals surface area (Å²) >= 11 is 1.41. The number of aryl methyl sites for hydroxylation is 1. The number of amides is 5. The number of thiazole rings is 1. The molecule has 4 aromatic rings. The SMILES string of the molecule is C=CC(=O)N1CCC12CCN(C(=O)N(C)C(C(=O)N[C@H]1Cc3nc(cs3)-c3ccc4c(c3)c(c(-c3cccnc3[C@H](C)OC)n4CC)CC(C)(C)COC(=O)[C@@H]3CCCN(N3)C1=O)C(C)C)CC2. The van der Waals surface area contributed by atoms with Crippen molar-refractivity contribution in [3.63, 3.8) is 0 Å². The molecule has 68 heavy (non-hydrogen) atoms. The molecule has 1 aromatic carbocycles. The van der Waals surface area contributed by atoms with Gasteiger partial charge in [-0.15, -0.1) is 11.3 Å². The molecule has 6 bridgehead atoms. The average molecular weight is 950 g/mol. The van der Waals surface area contributed by atoms with Crippen molar-refractivity contribution in [2.24, 2.45) is 11.3 Å². The van der Waals surface area contributed by atoms with E-state index in [-0.39, 0.29) is 42.5 Å². The molecule has 1 spiro atoms. The van der Waals surface area contributed by atoms with Crippen molar-refractivity contribution in [1.29, 1.82) is 0 Å². The molecule has 4 atom stereocenters. The third-order valence-corrected chi connectivity index (χ3v) is 15.4. The van der Waals surface area contributed by atoms with E-state index in [2.05, 4.69) is 66.9 Å². The van der Waals surface area contributed by atoms with Gasteiger partial charge >= 0.3 is 12.0 Å². The van der Waals surface area contributed by atoms with Gasteiger partial charge < -0.3 is 34.1 Å². The first-order valence-electron chi connectivity index (χ1n) is 24.1. The monoisotopic (exact) mass is 949 g/mol. The van der Waals surface area contributed by atoms with Gasteiger partial charge in [0.05, 0.1) is 34.8 Å². The second kappa shape index (κ2) is 19.8. The number of rotatable bonds is 9. The Bertz CT molecular complexity index is 2580. The minimum atomic E-state index is -1.08. The maximum absolute atomic E-state index is 14.7. The molecule has 4 aliphatic heterocycles. The largest absolute Gasteiger partial charge is 0.464 e. The first-order chi connectivity index (χ1) is 32.5. The number of piperidine rings is 1. The Hall–Kier alpha value is -5.65. The number of carbonyl (C=O) groups excluding carboxylic acids is 5. The van der Waals surface area contributed by atoms with Crippen LogP contribution in [-0.4, -0.2) is 135 Å². The number of likely N-dealkylation sites (tertiary alicyclic amines) is 2. The van der Waals surface area contributed by atoms with Crippen molar-refractivity contribution >= 4 is 52.0 Å². The lowest BCUT2D eigenvalue weighted by Crippen LogP contribution is -2.67. The van der Waals surface area contributed by atoms with Crippen molar-refractivity contribution in [2.75, 3.05) is 46.9 Å². The van der Waals surface area contributed by atoms with Crippen molar-refractivity contribution in [2.45, 2.75) is 123 Å². The van der Waals surface area contributed by atoms with E-state index in [1.807, 2.05) is 37.1 Å². The average Bonchev–Trinajstić information content (AvgIpc) is 3.93. The van der Waals surface area contributed by atoms with Gasteiger partial charge in [0.15, 0.2) is 0 Å². The number of ether oxygens (including phenoxy) is 2. The minimum absolute atomic E-state index is 0.0820. The molecular formula is C51H67N9O7S. The Balaban J connectivity index is 1.12. The van der Waals surface area contributed by atoms with Gasteiger partial charge in [0, 0.05) is 97.9 Å². The van der Waals surface area contributed by atoms with Gasteiger partial charge in [-0.1, -0.05) is 40.3 Å². The lowest BCUT2D eigenvalue weighted by Gasteiger charge is -2.56. The van der Waals surface area contributed by atoms with Crippen LogP contribution < -0.4 is 10.7 Å². The molecule has 364 valence electrons. The molecule has 0 aliphatic carbocycles. The highest BCUT2D eigenvalue weighted by Crippen LogP contribution is 2.43. The molecule has 8 rings (SSSR count). The number of urea groups is 1. The summed E-state index contributed by atoms with van der Waals surface area (Å²) in [7, 11) is 3.32. The number of nitrogens with zero attached hydrogens (tertiary/aromatic N) is 7. The summed E-state index contributed by atoms with van der Waals surface area (Å²) in [6, 6.07) is 7.37. The van der Waals surface area contributed by atoms with Gasteiger partial charge in [0.2, 0.25) is 11.8 Å². The summed E-state index contributed by atoms with van der Waals surface area (Å²) < 4.78 is 14.3. The Kier molecular flexibility index (Phi) is 14.2. The molecule has 3 fully saturated rings. The van der Waals surface area contributed by atoms with E-state index in [4.69, 9.17) is 19.4 Å². The van der Waals surface area contributed by atoms with Gasteiger partial charge in [0.25, 0.3) is 5.91 Å². The predicted molar refractivity (Wildman–Crippen MR) is 261 cm³/mol. The summed E-state index contributed by atoms with van der Waals surface area (Å²) in [6.45, 7) is 18.5. The van der Waals surface area contributed by atoms with E-state index < -0.39 is 41.3 Å². The lowest BCUT2D eigenvalue weighted by molar-refractivity contribution is -0.155. The zero-order chi connectivity index (χ0) is 48.7. The van der Waals surface area contributed by atoms with Crippen molar-refractivity contribution in [3.8, 4) is 22.5 Å². The van der Waals surface area contributed by atoms with Crippen LogP contribution in [0.1, 0.15) is 96.0 Å². The van der Waals surface area contributed by atoms with E-state index in [0.29, 0.717) is 69.8 Å². The highest BCUT2D eigenvalue weighted by molar-refractivity contribution is 7.10. The van der Waals surface area contributed by atoms with Crippen LogP contribution in [0.25, 0.3) is 33.4 Å². The summed E-state index contributed by atoms with van der Waals surface area (Å²) in [5.74, 6) is -1.73. The Morgan fingerprint density at radius 1 is 1.10 bits per heavy atom. The molecule has 4 aliphatic rings. The van der Waals surface area contributed by atoms with Crippen molar-refractivity contribution < 1.29 is 33.4 Å². The van der Waals surface area contributed by atoms with Gasteiger partial charge in [-0.3, -0.25) is 29.2 Å². The highest BCUT2D eigenvalue weighted by Gasteiger charge is 2.49. The normalized spacial score (nSPS) is 21.5. The van der Waals surface area contributed by atoms with Gasteiger partial charge in [-0.25, -0.2) is 15.2 Å². The molecule has 17 heteroatoms. The first-order valence-corrected chi connectivity index (χ1v) is 25.0. The van der Waals surface area contributed by atoms with Gasteiger partial charge in [-0.05, 0) is 94.2 Å². The van der Waals surface area contributed by atoms with Crippen LogP contribution >= 0.6 is 11.3 Å². The second-order valence-electron chi connectivity index (χ2n) is 20.0. The Labute approximate surface area is 403 Å². The van der Waals surface area contributed by atoms with E-state index in [1.54, 1.807) is 25.3 Å². The summed E-state index contributed by atoms with van der Waals surface area (Å²) in [5.41, 5.74) is 9.03. The maximum atomic E-state index is 14.7. The number of nitrogens with one attached hydrogen (secondary N) is 2. The number of hydrogen-bond acceptors (Lipinski definition) is 11. The number of hydrogen-bond donors (Lipinski definition) is 2. The standard InChI is InChI=1S/C51H67N9O7S/c1-10-42(61)59-25-20-51(59)18-23-57(24-19-51)49(65)56(8)44(31(3)4)46(62)54-38-27-41-53-39(29-68-41)33-16-17-40-35(26-33)36(45(58(40)11-2)34-14-12-21-52-43(34)32(5)66-9)28-50(6,7)30-67-48(64)37-15-13-22-60(55-37)47(38)63/h10,12,14,16-17,21,26,29,31-32,37-38,44,55H,1,11,13,15,18-20,22-25,27-28,30H2,2-9H3,(H,54,62)/t32-,37-,38-,44?/m0/s1. The molecule has 0 saturated carbocycles. The smallest absolute Gasteiger partial charge is 0.324 e. The van der Waals surface area contributed by atoms with Crippen LogP contribution in [-0.2, 0) is 48.0 Å². The number of methoxy groups -OCH3 is 1. The fourth-order valence-electron chi connectivity index (χ4n) is 10.7. The molecule has 0 radical (unpaired) electrons. The number of pyridine rings is 1. The number of aromatic nitrogens is 3. The van der Waals surface area contributed by atoms with E-state index in [1.165, 1.54) is 27.3 Å². The molecular weight excluding hydrogens is 883 g/mol. The van der Waals surface area contributed by atoms with Crippen LogP contribution in [0.2, 0.25) is 0 Å². The fourth-order valence-corrected chi connectivity index (χ4v) is 11.6. The van der Waals surface area contributed by atoms with Crippen LogP contribution in [0.5, 0.6) is 0 Å². The summed E-state index contributed by atoms with van der Waals surface area (Å²) in [5, 5.41) is 8.16. The zero-order valence-corrected chi connectivity index (χ0v) is 41.6. The molecule has 2 N–H and O–H groups in total. The zero-order valence-electron chi connectivity index (χ0n) is 40.8. The molecule has 3 saturated heterocycles. The topological polar surface area (TPSA) is 172 Å². The van der Waals surface area contributed by atoms with E-state index in [0.717, 1.165) is 51.1 Å². The van der Waals surface area contributed by atoms with Crippen molar-refractivity contribution in [3.05, 3.63) is 70.8 Å². The molecule has 1 unspecified atom stereocenters. The number of cyclic esters (lactones) is 1.